The highest BCUT2D eigenvalue weighted by molar-refractivity contribution is 5.67. The average Bonchev–Trinajstić information content (AvgIpc) is 2.73. The lowest BCUT2D eigenvalue weighted by Crippen LogP contribution is -2.03. The monoisotopic (exact) mass is 394 g/mol. The van der Waals surface area contributed by atoms with Crippen molar-refractivity contribution in [3.8, 4) is 17.2 Å². The third-order valence-electron chi connectivity index (χ3n) is 4.42. The fourth-order valence-corrected chi connectivity index (χ4v) is 3.02. The summed E-state index contributed by atoms with van der Waals surface area (Å²) in [6.45, 7) is 4.31. The number of hydrogen-bond acceptors (Lipinski definition) is 7. The summed E-state index contributed by atoms with van der Waals surface area (Å²) in [4.78, 5) is 8.91. The first-order chi connectivity index (χ1) is 14.0. The van der Waals surface area contributed by atoms with Crippen LogP contribution in [0.15, 0.2) is 48.7 Å². The average molecular weight is 394 g/mol. The smallest absolute Gasteiger partial charge is 0.229 e. The molecular formula is C22H26N4O3. The van der Waals surface area contributed by atoms with Crippen LogP contribution in [0.5, 0.6) is 17.2 Å². The Morgan fingerprint density at radius 2 is 1.55 bits per heavy atom. The van der Waals surface area contributed by atoms with E-state index >= 15 is 0 Å². The lowest BCUT2D eigenvalue weighted by Gasteiger charge is -2.16. The molecule has 0 unspecified atom stereocenters. The number of methoxy groups -OCH3 is 3. The lowest BCUT2D eigenvalue weighted by molar-refractivity contribution is 0.324. The van der Waals surface area contributed by atoms with Crippen LogP contribution in [0.1, 0.15) is 25.3 Å². The number of nitrogens with zero attached hydrogens (tertiary/aromatic N) is 2. The molecular weight excluding hydrogens is 368 g/mol. The fourth-order valence-electron chi connectivity index (χ4n) is 3.02. The van der Waals surface area contributed by atoms with E-state index in [9.17, 15) is 0 Å². The zero-order valence-electron chi connectivity index (χ0n) is 17.3. The molecule has 2 N–H and O–H groups in total. The van der Waals surface area contributed by atoms with Gasteiger partial charge in [0.2, 0.25) is 11.7 Å². The number of ether oxygens (including phenoxy) is 3. The number of hydrogen-bond donors (Lipinski definition) is 2. The van der Waals surface area contributed by atoms with Gasteiger partial charge in [0.15, 0.2) is 11.5 Å². The minimum Gasteiger partial charge on any atom is -0.493 e. The van der Waals surface area contributed by atoms with E-state index in [4.69, 9.17) is 14.2 Å². The Kier molecular flexibility index (Phi) is 6.39. The first-order valence-corrected chi connectivity index (χ1v) is 9.31. The van der Waals surface area contributed by atoms with Crippen LogP contribution in [0.3, 0.4) is 0 Å². The number of rotatable bonds is 8. The van der Waals surface area contributed by atoms with Crippen molar-refractivity contribution in [3.63, 3.8) is 0 Å². The number of nitrogens with one attached hydrogen (secondary N) is 2. The largest absolute Gasteiger partial charge is 0.493 e. The summed E-state index contributed by atoms with van der Waals surface area (Å²) < 4.78 is 16.2. The van der Waals surface area contributed by atoms with Crippen LogP contribution in [-0.2, 0) is 0 Å². The normalized spacial score (nSPS) is 10.6. The second-order valence-corrected chi connectivity index (χ2v) is 6.67. The predicted molar refractivity (Wildman–Crippen MR) is 115 cm³/mol. The summed E-state index contributed by atoms with van der Waals surface area (Å²) in [7, 11) is 4.74. The zero-order valence-corrected chi connectivity index (χ0v) is 17.3. The SMILES string of the molecule is COc1cc(Nc2ccnc(Nc3ccccc3C(C)C)n2)cc(OC)c1OC. The third-order valence-corrected chi connectivity index (χ3v) is 4.42. The van der Waals surface area contributed by atoms with Crippen molar-refractivity contribution in [2.45, 2.75) is 19.8 Å². The van der Waals surface area contributed by atoms with Gasteiger partial charge in [-0.25, -0.2) is 4.98 Å². The molecule has 2 aromatic carbocycles. The first-order valence-electron chi connectivity index (χ1n) is 9.31. The minimum atomic E-state index is 0.388. The van der Waals surface area contributed by atoms with E-state index in [1.807, 2.05) is 30.3 Å². The molecule has 0 saturated carbocycles. The molecule has 7 heteroatoms. The van der Waals surface area contributed by atoms with E-state index in [2.05, 4.69) is 40.5 Å². The summed E-state index contributed by atoms with van der Waals surface area (Å²) in [5, 5.41) is 6.57. The van der Waals surface area contributed by atoms with Gasteiger partial charge in [-0.05, 0) is 23.6 Å². The van der Waals surface area contributed by atoms with Crippen molar-refractivity contribution < 1.29 is 14.2 Å². The highest BCUT2D eigenvalue weighted by atomic mass is 16.5. The highest BCUT2D eigenvalue weighted by Gasteiger charge is 2.14. The maximum absolute atomic E-state index is 5.41. The van der Waals surface area contributed by atoms with Crippen LogP contribution >= 0.6 is 0 Å². The molecule has 0 radical (unpaired) electrons. The van der Waals surface area contributed by atoms with Crippen molar-refractivity contribution in [3.05, 3.63) is 54.2 Å². The van der Waals surface area contributed by atoms with Crippen molar-refractivity contribution >= 4 is 23.1 Å². The van der Waals surface area contributed by atoms with Crippen molar-refractivity contribution in [1.29, 1.82) is 0 Å². The van der Waals surface area contributed by atoms with E-state index in [-0.39, 0.29) is 0 Å². The molecule has 3 aromatic rings. The first kappa shape index (κ1) is 20.3. The maximum atomic E-state index is 5.41. The standard InChI is InChI=1S/C22H26N4O3/c1-14(2)16-8-6-7-9-17(16)25-22-23-11-10-20(26-22)24-15-12-18(27-3)21(29-5)19(13-15)28-4/h6-14H,1-5H3,(H2,23,24,25,26). The molecule has 0 bridgehead atoms. The van der Waals surface area contributed by atoms with E-state index in [1.165, 1.54) is 5.56 Å². The number of para-hydroxylation sites is 1. The molecule has 29 heavy (non-hydrogen) atoms. The fraction of sp³-hybridized carbons (Fsp3) is 0.273. The summed E-state index contributed by atoms with van der Waals surface area (Å²) in [6, 6.07) is 13.6. The van der Waals surface area contributed by atoms with Crippen LogP contribution in [0.4, 0.5) is 23.1 Å². The Balaban J connectivity index is 1.86. The van der Waals surface area contributed by atoms with Gasteiger partial charge in [-0.1, -0.05) is 32.0 Å². The highest BCUT2D eigenvalue weighted by Crippen LogP contribution is 2.40. The Labute approximate surface area is 171 Å². The van der Waals surface area contributed by atoms with Crippen LogP contribution in [0.2, 0.25) is 0 Å². The van der Waals surface area contributed by atoms with E-state index in [0.717, 1.165) is 11.4 Å². The molecule has 0 aliphatic heterocycles. The Hall–Kier alpha value is -3.48. The van der Waals surface area contributed by atoms with Crippen LogP contribution in [0, 0.1) is 0 Å². The van der Waals surface area contributed by atoms with Gasteiger partial charge in [0.05, 0.1) is 21.3 Å². The molecule has 152 valence electrons. The molecule has 3 rings (SSSR count). The van der Waals surface area contributed by atoms with Crippen LogP contribution < -0.4 is 24.8 Å². The molecule has 1 heterocycles. The second kappa shape index (κ2) is 9.14. The Morgan fingerprint density at radius 3 is 2.17 bits per heavy atom. The van der Waals surface area contributed by atoms with E-state index in [1.54, 1.807) is 33.6 Å². The van der Waals surface area contributed by atoms with Gasteiger partial charge in [-0.15, -0.1) is 0 Å². The molecule has 0 aliphatic rings. The van der Waals surface area contributed by atoms with Gasteiger partial charge in [-0.3, -0.25) is 0 Å². The lowest BCUT2D eigenvalue weighted by atomic mass is 10.0. The van der Waals surface area contributed by atoms with Crippen molar-refractivity contribution in [2.24, 2.45) is 0 Å². The molecule has 1 aromatic heterocycles. The number of benzene rings is 2. The number of anilines is 4. The molecule has 0 amide bonds. The third kappa shape index (κ3) is 4.68. The summed E-state index contributed by atoms with van der Waals surface area (Å²) in [5.74, 6) is 3.20. The Bertz CT molecular complexity index is 951. The summed E-state index contributed by atoms with van der Waals surface area (Å²) >= 11 is 0. The van der Waals surface area contributed by atoms with Gasteiger partial charge in [0.25, 0.3) is 0 Å². The molecule has 0 atom stereocenters. The topological polar surface area (TPSA) is 77.5 Å². The zero-order chi connectivity index (χ0) is 20.8. The summed E-state index contributed by atoms with van der Waals surface area (Å²) in [5.41, 5.74) is 2.96. The van der Waals surface area contributed by atoms with E-state index < -0.39 is 0 Å². The van der Waals surface area contributed by atoms with Gasteiger partial charge in [0, 0.05) is 29.7 Å². The number of aromatic nitrogens is 2. The maximum Gasteiger partial charge on any atom is 0.229 e. The molecule has 7 nitrogen and oxygen atoms in total. The Morgan fingerprint density at radius 1 is 0.862 bits per heavy atom. The van der Waals surface area contributed by atoms with Crippen molar-refractivity contribution in [1.82, 2.24) is 9.97 Å². The van der Waals surface area contributed by atoms with Gasteiger partial charge >= 0.3 is 0 Å². The van der Waals surface area contributed by atoms with Crippen LogP contribution in [0.25, 0.3) is 0 Å². The molecule has 0 saturated heterocycles. The quantitative estimate of drug-likeness (QED) is 0.549. The molecule has 0 fully saturated rings. The molecule has 0 aliphatic carbocycles. The van der Waals surface area contributed by atoms with Gasteiger partial charge < -0.3 is 24.8 Å². The summed E-state index contributed by atoms with van der Waals surface area (Å²) in [6.07, 6.45) is 1.70. The van der Waals surface area contributed by atoms with Gasteiger partial charge in [-0.2, -0.15) is 4.98 Å². The van der Waals surface area contributed by atoms with Crippen LogP contribution in [-0.4, -0.2) is 31.3 Å². The second-order valence-electron chi connectivity index (χ2n) is 6.67. The predicted octanol–water partition coefficient (Wildman–Crippen LogP) is 5.11. The van der Waals surface area contributed by atoms with Crippen molar-refractivity contribution in [2.75, 3.05) is 32.0 Å². The minimum absolute atomic E-state index is 0.388. The molecule has 0 spiro atoms. The van der Waals surface area contributed by atoms with E-state index in [0.29, 0.717) is 34.9 Å². The van der Waals surface area contributed by atoms with Gasteiger partial charge in [0.1, 0.15) is 5.82 Å².